The molecule has 0 radical (unpaired) electrons. The summed E-state index contributed by atoms with van der Waals surface area (Å²) in [6.45, 7) is 1.96. The Labute approximate surface area is 104 Å². The van der Waals surface area contributed by atoms with Gasteiger partial charge in [0, 0.05) is 5.56 Å². The minimum atomic E-state index is 0.362. The van der Waals surface area contributed by atoms with Gasteiger partial charge in [0.15, 0.2) is 0 Å². The zero-order chi connectivity index (χ0) is 12.3. The van der Waals surface area contributed by atoms with Gasteiger partial charge in [0.2, 0.25) is 0 Å². The Balaban J connectivity index is 2.49. The van der Waals surface area contributed by atoms with E-state index in [1.807, 2.05) is 31.2 Å². The van der Waals surface area contributed by atoms with Gasteiger partial charge in [-0.1, -0.05) is 12.1 Å². The van der Waals surface area contributed by atoms with Gasteiger partial charge in [-0.05, 0) is 19.1 Å². The van der Waals surface area contributed by atoms with Crippen LogP contribution >= 0.6 is 11.3 Å². The molecule has 2 rings (SSSR count). The summed E-state index contributed by atoms with van der Waals surface area (Å²) in [7, 11) is 1.66. The highest BCUT2D eigenvalue weighted by Crippen LogP contribution is 2.36. The first-order chi connectivity index (χ1) is 8.26. The molecule has 17 heavy (non-hydrogen) atoms. The number of methoxy groups -OCH3 is 1. The average Bonchev–Trinajstić information content (AvgIpc) is 2.70. The van der Waals surface area contributed by atoms with Gasteiger partial charge in [-0.3, -0.25) is 0 Å². The molecule has 0 unspecified atom stereocenters. The quantitative estimate of drug-likeness (QED) is 0.833. The van der Waals surface area contributed by atoms with Crippen LogP contribution in [0.1, 0.15) is 10.7 Å². The van der Waals surface area contributed by atoms with Gasteiger partial charge >= 0.3 is 0 Å². The van der Waals surface area contributed by atoms with Crippen molar-refractivity contribution in [1.82, 2.24) is 4.98 Å². The molecule has 0 amide bonds. The summed E-state index contributed by atoms with van der Waals surface area (Å²) >= 11 is 1.55. The number of aromatic nitrogens is 1. The van der Waals surface area contributed by atoms with Crippen LogP contribution in [0.5, 0.6) is 5.75 Å². The highest BCUT2D eigenvalue weighted by Gasteiger charge is 2.12. The molecule has 0 fully saturated rings. The number of benzene rings is 1. The number of nitrogens with zero attached hydrogens (tertiary/aromatic N) is 2. The Hall–Kier alpha value is -1.86. The Morgan fingerprint density at radius 3 is 2.88 bits per heavy atom. The van der Waals surface area contributed by atoms with Gasteiger partial charge in [-0.2, -0.15) is 5.26 Å². The van der Waals surface area contributed by atoms with Crippen LogP contribution in [-0.2, 0) is 6.42 Å². The molecule has 0 N–H and O–H groups in total. The van der Waals surface area contributed by atoms with Gasteiger partial charge in [-0.15, -0.1) is 11.3 Å². The maximum absolute atomic E-state index is 8.68. The molecule has 2 aromatic rings. The highest BCUT2D eigenvalue weighted by atomic mass is 32.1. The van der Waals surface area contributed by atoms with Gasteiger partial charge < -0.3 is 4.74 Å². The summed E-state index contributed by atoms with van der Waals surface area (Å²) in [6.07, 6.45) is 0.362. The summed E-state index contributed by atoms with van der Waals surface area (Å²) in [6, 6.07) is 9.97. The van der Waals surface area contributed by atoms with E-state index in [2.05, 4.69) is 11.1 Å². The molecule has 86 valence electrons. The molecule has 0 atom stereocenters. The zero-order valence-corrected chi connectivity index (χ0v) is 10.5. The molecular weight excluding hydrogens is 232 g/mol. The van der Waals surface area contributed by atoms with Gasteiger partial charge in [0.05, 0.1) is 30.2 Å². The molecule has 3 nitrogen and oxygen atoms in total. The lowest BCUT2D eigenvalue weighted by Gasteiger charge is -2.06. The topological polar surface area (TPSA) is 45.9 Å². The fraction of sp³-hybridized carbons (Fsp3) is 0.231. The van der Waals surface area contributed by atoms with Gasteiger partial charge in [0.1, 0.15) is 10.8 Å². The SMILES string of the molecule is COc1ccccc1-c1sc(CC#N)nc1C. The first kappa shape index (κ1) is 11.6. The lowest BCUT2D eigenvalue weighted by atomic mass is 10.1. The molecular formula is C13H12N2OS. The molecule has 1 aromatic heterocycles. The summed E-state index contributed by atoms with van der Waals surface area (Å²) in [5.74, 6) is 0.836. The summed E-state index contributed by atoms with van der Waals surface area (Å²) < 4.78 is 5.34. The van der Waals surface area contributed by atoms with Crippen molar-refractivity contribution in [2.24, 2.45) is 0 Å². The number of thiazole rings is 1. The van der Waals surface area contributed by atoms with Crippen molar-refractivity contribution in [3.05, 3.63) is 35.0 Å². The van der Waals surface area contributed by atoms with Gasteiger partial charge in [0.25, 0.3) is 0 Å². The summed E-state index contributed by atoms with van der Waals surface area (Å²) in [5.41, 5.74) is 1.99. The third kappa shape index (κ3) is 2.29. The van der Waals surface area contributed by atoms with Crippen LogP contribution in [0, 0.1) is 18.3 Å². The van der Waals surface area contributed by atoms with E-state index < -0.39 is 0 Å². The predicted octanol–water partition coefficient (Wildman–Crippen LogP) is 3.19. The number of para-hydroxylation sites is 1. The third-order valence-electron chi connectivity index (χ3n) is 2.42. The van der Waals surface area contributed by atoms with E-state index in [1.165, 1.54) is 0 Å². The van der Waals surface area contributed by atoms with Crippen molar-refractivity contribution in [3.8, 4) is 22.3 Å². The van der Waals surface area contributed by atoms with E-state index in [9.17, 15) is 0 Å². The molecule has 0 aliphatic carbocycles. The first-order valence-corrected chi connectivity index (χ1v) is 6.04. The number of ether oxygens (including phenoxy) is 1. The van der Waals surface area contributed by atoms with E-state index in [0.29, 0.717) is 6.42 Å². The third-order valence-corrected chi connectivity index (χ3v) is 3.61. The second kappa shape index (κ2) is 4.98. The van der Waals surface area contributed by atoms with Crippen LogP contribution in [0.3, 0.4) is 0 Å². The largest absolute Gasteiger partial charge is 0.496 e. The second-order valence-electron chi connectivity index (χ2n) is 3.56. The predicted molar refractivity (Wildman–Crippen MR) is 68.2 cm³/mol. The van der Waals surface area contributed by atoms with Crippen LogP contribution in [0.2, 0.25) is 0 Å². The fourth-order valence-electron chi connectivity index (χ4n) is 1.68. The smallest absolute Gasteiger partial charge is 0.127 e. The molecule has 0 saturated heterocycles. The van der Waals surface area contributed by atoms with Gasteiger partial charge in [-0.25, -0.2) is 4.98 Å². The van der Waals surface area contributed by atoms with Crippen LogP contribution in [-0.4, -0.2) is 12.1 Å². The fourth-order valence-corrected chi connectivity index (χ4v) is 2.70. The van der Waals surface area contributed by atoms with E-state index in [-0.39, 0.29) is 0 Å². The monoisotopic (exact) mass is 244 g/mol. The van der Waals surface area contributed by atoms with Crippen molar-refractivity contribution < 1.29 is 4.74 Å². The molecule has 1 aromatic carbocycles. The summed E-state index contributed by atoms with van der Waals surface area (Å²) in [4.78, 5) is 5.47. The van der Waals surface area contributed by atoms with Crippen LogP contribution < -0.4 is 4.74 Å². The average molecular weight is 244 g/mol. The van der Waals surface area contributed by atoms with Crippen LogP contribution in [0.4, 0.5) is 0 Å². The molecule has 1 heterocycles. The van der Waals surface area contributed by atoms with E-state index in [0.717, 1.165) is 26.9 Å². The Morgan fingerprint density at radius 1 is 1.41 bits per heavy atom. The lowest BCUT2D eigenvalue weighted by Crippen LogP contribution is -1.86. The Morgan fingerprint density at radius 2 is 2.18 bits per heavy atom. The zero-order valence-electron chi connectivity index (χ0n) is 9.73. The van der Waals surface area contributed by atoms with Crippen molar-refractivity contribution >= 4 is 11.3 Å². The second-order valence-corrected chi connectivity index (χ2v) is 4.64. The number of rotatable bonds is 3. The lowest BCUT2D eigenvalue weighted by molar-refractivity contribution is 0.416. The van der Waals surface area contributed by atoms with Crippen molar-refractivity contribution in [2.45, 2.75) is 13.3 Å². The number of hydrogen-bond donors (Lipinski definition) is 0. The van der Waals surface area contributed by atoms with E-state index in [4.69, 9.17) is 10.00 Å². The minimum absolute atomic E-state index is 0.362. The molecule has 0 aliphatic rings. The highest BCUT2D eigenvalue weighted by molar-refractivity contribution is 7.15. The number of hydrogen-bond acceptors (Lipinski definition) is 4. The molecule has 4 heteroatoms. The van der Waals surface area contributed by atoms with Crippen LogP contribution in [0.25, 0.3) is 10.4 Å². The summed E-state index contributed by atoms with van der Waals surface area (Å²) in [5, 5.41) is 9.54. The van der Waals surface area contributed by atoms with E-state index >= 15 is 0 Å². The van der Waals surface area contributed by atoms with Crippen molar-refractivity contribution in [3.63, 3.8) is 0 Å². The van der Waals surface area contributed by atoms with Crippen molar-refractivity contribution in [2.75, 3.05) is 7.11 Å². The Kier molecular flexibility index (Phi) is 3.40. The van der Waals surface area contributed by atoms with Crippen LogP contribution in [0.15, 0.2) is 24.3 Å². The first-order valence-electron chi connectivity index (χ1n) is 5.23. The number of nitriles is 1. The van der Waals surface area contributed by atoms with E-state index in [1.54, 1.807) is 18.4 Å². The normalized spacial score (nSPS) is 9.94. The standard InChI is InChI=1S/C13H12N2OS/c1-9-13(17-12(15-9)7-8-14)10-5-3-4-6-11(10)16-2/h3-6H,7H2,1-2H3. The maximum Gasteiger partial charge on any atom is 0.127 e. The molecule has 0 bridgehead atoms. The number of aryl methyl sites for hydroxylation is 1. The Bertz CT molecular complexity index is 569. The maximum atomic E-state index is 8.68. The van der Waals surface area contributed by atoms with Crippen molar-refractivity contribution in [1.29, 1.82) is 5.26 Å². The molecule has 0 aliphatic heterocycles. The molecule has 0 spiro atoms. The minimum Gasteiger partial charge on any atom is -0.496 e. The molecule has 0 saturated carbocycles.